The number of ketones is 1. The zero-order valence-electron chi connectivity index (χ0n) is 18.8. The number of Topliss-reactive ketones (excluding diaryl/α,β-unsaturated/α-hetero) is 1. The van der Waals surface area contributed by atoms with E-state index in [4.69, 9.17) is 16.3 Å². The molecule has 1 atom stereocenters. The lowest BCUT2D eigenvalue weighted by Gasteiger charge is -2.22. The van der Waals surface area contributed by atoms with Crippen LogP contribution in [0.3, 0.4) is 0 Å². The Hall–Kier alpha value is -3.58. The summed E-state index contributed by atoms with van der Waals surface area (Å²) in [4.78, 5) is 40.0. The SMILES string of the molecule is COc1ccc(-n2c(C)cc(C(=O)CN3C(=O)N[C@](C)(c4ccc(Cl)cc4)C3=O)c2C)cc1. The van der Waals surface area contributed by atoms with Crippen molar-refractivity contribution in [1.29, 1.82) is 0 Å². The number of benzene rings is 2. The Morgan fingerprint density at radius 1 is 1.06 bits per heavy atom. The molecule has 3 amide bonds. The number of halogens is 1. The van der Waals surface area contributed by atoms with Gasteiger partial charge in [-0.2, -0.15) is 0 Å². The van der Waals surface area contributed by atoms with Crippen molar-refractivity contribution in [1.82, 2.24) is 14.8 Å². The van der Waals surface area contributed by atoms with E-state index in [0.717, 1.165) is 27.7 Å². The summed E-state index contributed by atoms with van der Waals surface area (Å²) in [5, 5.41) is 3.24. The molecule has 0 radical (unpaired) electrons. The van der Waals surface area contributed by atoms with Crippen LogP contribution in [0.25, 0.3) is 5.69 Å². The highest BCUT2D eigenvalue weighted by Gasteiger charge is 2.49. The van der Waals surface area contributed by atoms with E-state index in [1.165, 1.54) is 0 Å². The van der Waals surface area contributed by atoms with Crippen molar-refractivity contribution in [3.8, 4) is 11.4 Å². The number of carbonyl (C=O) groups is 3. The van der Waals surface area contributed by atoms with Gasteiger partial charge < -0.3 is 14.6 Å². The minimum Gasteiger partial charge on any atom is -0.497 e. The molecule has 4 rings (SSSR count). The second-order valence-corrected chi connectivity index (χ2v) is 8.63. The Morgan fingerprint density at radius 2 is 1.70 bits per heavy atom. The van der Waals surface area contributed by atoms with Crippen molar-refractivity contribution in [2.24, 2.45) is 0 Å². The van der Waals surface area contributed by atoms with Crippen LogP contribution in [0.5, 0.6) is 5.75 Å². The third kappa shape index (κ3) is 3.89. The Labute approximate surface area is 196 Å². The summed E-state index contributed by atoms with van der Waals surface area (Å²) < 4.78 is 7.17. The van der Waals surface area contributed by atoms with Crippen LogP contribution in [0, 0.1) is 13.8 Å². The normalized spacial score (nSPS) is 17.9. The number of hydrogen-bond acceptors (Lipinski definition) is 4. The average Bonchev–Trinajstić information content (AvgIpc) is 3.21. The first-order chi connectivity index (χ1) is 15.7. The van der Waals surface area contributed by atoms with E-state index >= 15 is 0 Å². The first kappa shape index (κ1) is 22.6. The summed E-state index contributed by atoms with van der Waals surface area (Å²) in [5.74, 6) is -0.0568. The molecular weight excluding hydrogens is 442 g/mol. The largest absolute Gasteiger partial charge is 0.497 e. The van der Waals surface area contributed by atoms with Crippen molar-refractivity contribution in [3.63, 3.8) is 0 Å². The van der Waals surface area contributed by atoms with Crippen molar-refractivity contribution in [2.45, 2.75) is 26.3 Å². The molecule has 1 aromatic heterocycles. The third-order valence-corrected chi connectivity index (χ3v) is 6.31. The summed E-state index contributed by atoms with van der Waals surface area (Å²) in [6.07, 6.45) is 0. The van der Waals surface area contributed by atoms with Gasteiger partial charge in [0, 0.05) is 27.7 Å². The molecule has 0 spiro atoms. The fourth-order valence-electron chi connectivity index (χ4n) is 4.22. The van der Waals surface area contributed by atoms with Crippen molar-refractivity contribution < 1.29 is 19.1 Å². The minimum atomic E-state index is -1.26. The highest BCUT2D eigenvalue weighted by molar-refractivity contribution is 6.30. The highest BCUT2D eigenvalue weighted by atomic mass is 35.5. The fourth-order valence-corrected chi connectivity index (χ4v) is 4.35. The van der Waals surface area contributed by atoms with Crippen molar-refractivity contribution in [2.75, 3.05) is 13.7 Å². The van der Waals surface area contributed by atoms with Crippen LogP contribution < -0.4 is 10.1 Å². The highest BCUT2D eigenvalue weighted by Crippen LogP contribution is 2.30. The number of nitrogens with one attached hydrogen (secondary N) is 1. The van der Waals surface area contributed by atoms with Crippen molar-refractivity contribution >= 4 is 29.3 Å². The molecule has 170 valence electrons. The van der Waals surface area contributed by atoms with E-state index in [-0.39, 0.29) is 12.3 Å². The molecule has 3 aromatic rings. The van der Waals surface area contributed by atoms with Gasteiger partial charge in [0.25, 0.3) is 5.91 Å². The Balaban J connectivity index is 1.59. The maximum absolute atomic E-state index is 13.2. The molecule has 1 saturated heterocycles. The summed E-state index contributed by atoms with van der Waals surface area (Å²) >= 11 is 5.95. The number of methoxy groups -OCH3 is 1. The zero-order chi connectivity index (χ0) is 23.9. The van der Waals surface area contributed by atoms with Gasteiger partial charge in [0.1, 0.15) is 11.3 Å². The number of hydrogen-bond donors (Lipinski definition) is 1. The van der Waals surface area contributed by atoms with Crippen LogP contribution in [-0.2, 0) is 10.3 Å². The zero-order valence-corrected chi connectivity index (χ0v) is 19.6. The predicted molar refractivity (Wildman–Crippen MR) is 125 cm³/mol. The van der Waals surface area contributed by atoms with Crippen LogP contribution >= 0.6 is 11.6 Å². The lowest BCUT2D eigenvalue weighted by molar-refractivity contribution is -0.130. The summed E-state index contributed by atoms with van der Waals surface area (Å²) in [7, 11) is 1.60. The fraction of sp³-hybridized carbons (Fsp3) is 0.240. The Bertz CT molecular complexity index is 1250. The van der Waals surface area contributed by atoms with Crippen LogP contribution in [-0.4, -0.2) is 40.8 Å². The molecule has 7 nitrogen and oxygen atoms in total. The molecule has 0 saturated carbocycles. The molecule has 2 aromatic carbocycles. The minimum absolute atomic E-state index is 0.313. The van der Waals surface area contributed by atoms with Crippen LogP contribution in [0.15, 0.2) is 54.6 Å². The molecule has 8 heteroatoms. The van der Waals surface area contributed by atoms with Gasteiger partial charge in [-0.3, -0.25) is 14.5 Å². The van der Waals surface area contributed by atoms with Gasteiger partial charge in [0.2, 0.25) is 0 Å². The van der Waals surface area contributed by atoms with E-state index in [1.807, 2.05) is 42.7 Å². The number of ether oxygens (including phenoxy) is 1. The monoisotopic (exact) mass is 465 g/mol. The Morgan fingerprint density at radius 3 is 2.30 bits per heavy atom. The molecular formula is C25H24ClN3O4. The van der Waals surface area contributed by atoms with E-state index in [1.54, 1.807) is 44.4 Å². The summed E-state index contributed by atoms with van der Waals surface area (Å²) in [6.45, 7) is 5.02. The quantitative estimate of drug-likeness (QED) is 0.432. The second-order valence-electron chi connectivity index (χ2n) is 8.19. The van der Waals surface area contributed by atoms with Crippen molar-refractivity contribution in [3.05, 3.63) is 82.1 Å². The topological polar surface area (TPSA) is 80.6 Å². The molecule has 1 fully saturated rings. The molecule has 33 heavy (non-hydrogen) atoms. The molecule has 2 heterocycles. The number of rotatable bonds is 6. The first-order valence-electron chi connectivity index (χ1n) is 10.4. The van der Waals surface area contributed by atoms with Gasteiger partial charge in [-0.25, -0.2) is 4.79 Å². The lowest BCUT2D eigenvalue weighted by Crippen LogP contribution is -2.41. The third-order valence-electron chi connectivity index (χ3n) is 6.06. The molecule has 0 unspecified atom stereocenters. The van der Waals surface area contributed by atoms with Gasteiger partial charge in [-0.15, -0.1) is 0 Å². The predicted octanol–water partition coefficient (Wildman–Crippen LogP) is 4.41. The van der Waals surface area contributed by atoms with Crippen LogP contribution in [0.4, 0.5) is 4.79 Å². The van der Waals surface area contributed by atoms with Gasteiger partial charge in [0.05, 0.1) is 13.7 Å². The maximum Gasteiger partial charge on any atom is 0.325 e. The standard InChI is InChI=1S/C25H24ClN3O4/c1-15-13-21(16(2)29(15)19-9-11-20(33-4)12-10-19)22(30)14-28-23(31)25(3,27-24(28)32)17-5-7-18(26)8-6-17/h5-13H,14H2,1-4H3,(H,27,32)/t25-/m1/s1. The summed E-state index contributed by atoms with van der Waals surface area (Å²) in [5.41, 5.74) is 2.28. The number of amides is 3. The van der Waals surface area contributed by atoms with E-state index < -0.39 is 17.5 Å². The van der Waals surface area contributed by atoms with Gasteiger partial charge in [-0.05, 0) is 68.8 Å². The lowest BCUT2D eigenvalue weighted by atomic mass is 9.92. The average molecular weight is 466 g/mol. The maximum atomic E-state index is 13.2. The number of aryl methyl sites for hydroxylation is 1. The molecule has 1 N–H and O–H groups in total. The van der Waals surface area contributed by atoms with Gasteiger partial charge in [-0.1, -0.05) is 23.7 Å². The van der Waals surface area contributed by atoms with E-state index in [0.29, 0.717) is 16.1 Å². The molecule has 1 aliphatic heterocycles. The summed E-state index contributed by atoms with van der Waals surface area (Å²) in [6, 6.07) is 15.4. The number of carbonyl (C=O) groups excluding carboxylic acids is 3. The molecule has 0 aliphatic carbocycles. The van der Waals surface area contributed by atoms with E-state index in [9.17, 15) is 14.4 Å². The number of urea groups is 1. The first-order valence-corrected chi connectivity index (χ1v) is 10.8. The molecule has 0 bridgehead atoms. The Kier molecular flexibility index (Phi) is 5.76. The van der Waals surface area contributed by atoms with Crippen LogP contribution in [0.1, 0.15) is 34.2 Å². The second kappa shape index (κ2) is 8.41. The smallest absolute Gasteiger partial charge is 0.325 e. The van der Waals surface area contributed by atoms with Gasteiger partial charge in [0.15, 0.2) is 5.78 Å². The van der Waals surface area contributed by atoms with E-state index in [2.05, 4.69) is 5.32 Å². The molecule has 1 aliphatic rings. The number of imide groups is 1. The number of nitrogens with zero attached hydrogens (tertiary/aromatic N) is 2. The van der Waals surface area contributed by atoms with Crippen LogP contribution in [0.2, 0.25) is 5.02 Å². The number of aromatic nitrogens is 1. The van der Waals surface area contributed by atoms with Gasteiger partial charge >= 0.3 is 6.03 Å².